The van der Waals surface area contributed by atoms with Gasteiger partial charge in [0.15, 0.2) is 0 Å². The van der Waals surface area contributed by atoms with Crippen LogP contribution in [0.1, 0.15) is 0 Å². The number of hydrogen-bond acceptors (Lipinski definition) is 0. The molecule has 3 unspecified atom stereocenters. The predicted molar refractivity (Wildman–Crippen MR) is 47.2 cm³/mol. The summed E-state index contributed by atoms with van der Waals surface area (Å²) in [5, 5.41) is 0. The molecule has 8 heteroatoms. The van der Waals surface area contributed by atoms with Crippen molar-refractivity contribution in [2.24, 2.45) is 0 Å². The van der Waals surface area contributed by atoms with Crippen LogP contribution in [0.4, 0.5) is 0 Å². The molecular weight excluding hydrogens is 346 g/mol. The zero-order chi connectivity index (χ0) is 0. The standard InChI is InChI=1S/3Cu.3H3P.2P/h;;;3*1H3;;/q3*+2;;;;2*-3. The average Bonchev–Trinajstić information content (AvgIpc) is 0. The molecule has 0 saturated carbocycles. The van der Waals surface area contributed by atoms with E-state index in [-0.39, 0.29) is 101 Å². The molecule has 3 radical (unpaired) electrons. The molecule has 0 aliphatic heterocycles. The topological polar surface area (TPSA) is 0 Å². The molecule has 0 heterocycles. The van der Waals surface area contributed by atoms with Crippen LogP contribution in [0.25, 0.3) is 0 Å². The summed E-state index contributed by atoms with van der Waals surface area (Å²) >= 11 is 0. The van der Waals surface area contributed by atoms with Crippen molar-refractivity contribution in [1.82, 2.24) is 0 Å². The van der Waals surface area contributed by atoms with Crippen molar-refractivity contribution in [3.8, 4) is 0 Å². The Morgan fingerprint density at radius 2 is 0.375 bits per heavy atom. The summed E-state index contributed by atoms with van der Waals surface area (Å²) in [7, 11) is 0. The van der Waals surface area contributed by atoms with E-state index >= 15 is 0 Å². The average molecular weight is 355 g/mol. The molecule has 0 aromatic carbocycles. The molecule has 0 rings (SSSR count). The normalized spacial score (nSPS) is 0. The number of rotatable bonds is 0. The molecule has 0 N–H and O–H groups in total. The second-order valence-corrected chi connectivity index (χ2v) is 0. The van der Waals surface area contributed by atoms with Crippen LogP contribution in [0.5, 0.6) is 0 Å². The van der Waals surface area contributed by atoms with Gasteiger partial charge in [0.2, 0.25) is 0 Å². The zero-order valence-corrected chi connectivity index (χ0v) is 12.8. The van der Waals surface area contributed by atoms with E-state index in [1.807, 2.05) is 0 Å². The van der Waals surface area contributed by atoms with Crippen molar-refractivity contribution in [2.45, 2.75) is 0 Å². The fraction of sp³-hybridized carbons (Fsp3) is 0. The first-order valence-electron chi connectivity index (χ1n) is 0. The first-order chi connectivity index (χ1) is 0. The first kappa shape index (κ1) is 97.6. The van der Waals surface area contributed by atoms with Gasteiger partial charge < -0.3 is 19.8 Å². The van der Waals surface area contributed by atoms with Crippen molar-refractivity contribution in [1.29, 1.82) is 0 Å². The quantitative estimate of drug-likeness (QED) is 0.460. The van der Waals surface area contributed by atoms with E-state index in [4.69, 9.17) is 0 Å². The summed E-state index contributed by atoms with van der Waals surface area (Å²) in [5.41, 5.74) is 0. The first-order valence-corrected chi connectivity index (χ1v) is 0. The summed E-state index contributed by atoms with van der Waals surface area (Å²) in [6.07, 6.45) is 0. The van der Waals surface area contributed by atoms with Crippen molar-refractivity contribution in [3.05, 3.63) is 0 Å². The molecule has 0 aliphatic carbocycles. The monoisotopic (exact) mass is 353 g/mol. The van der Waals surface area contributed by atoms with Crippen LogP contribution in [0.15, 0.2) is 0 Å². The second-order valence-electron chi connectivity index (χ2n) is 0. The predicted octanol–water partition coefficient (Wildman–Crippen LogP) is 1.89. The molecule has 0 aromatic rings. The van der Waals surface area contributed by atoms with Gasteiger partial charge in [-0.3, -0.25) is 0 Å². The summed E-state index contributed by atoms with van der Waals surface area (Å²) in [5.74, 6) is 0. The largest absolute Gasteiger partial charge is 3.00 e. The van der Waals surface area contributed by atoms with Crippen molar-refractivity contribution in [3.63, 3.8) is 0 Å². The van der Waals surface area contributed by atoms with Gasteiger partial charge in [0.1, 0.15) is 0 Å². The van der Waals surface area contributed by atoms with E-state index in [1.54, 1.807) is 0 Å². The van der Waals surface area contributed by atoms with E-state index in [0.29, 0.717) is 0 Å². The van der Waals surface area contributed by atoms with Crippen molar-refractivity contribution >= 4 is 49.5 Å². The molecule has 0 amide bonds. The van der Waals surface area contributed by atoms with Gasteiger partial charge in [0, 0.05) is 0 Å². The molecule has 67 valence electrons. The summed E-state index contributed by atoms with van der Waals surface area (Å²) in [6.45, 7) is 0. The smallest absolute Gasteiger partial charge is 2.00 e. The van der Waals surface area contributed by atoms with E-state index in [0.717, 1.165) is 0 Å². The van der Waals surface area contributed by atoms with Crippen LogP contribution < -0.4 is 0 Å². The molecule has 0 nitrogen and oxygen atoms in total. The maximum atomic E-state index is 0. The molecule has 0 aliphatic rings. The Labute approximate surface area is 99.9 Å². The Morgan fingerprint density at radius 3 is 0.375 bits per heavy atom. The molecule has 3 atom stereocenters. The molecule has 0 spiro atoms. The Morgan fingerprint density at radius 1 is 0.375 bits per heavy atom. The fourth-order valence-electron chi connectivity index (χ4n) is 0. The number of hydrogen-bond donors (Lipinski definition) is 0. The minimum Gasteiger partial charge on any atom is -3.00 e. The van der Waals surface area contributed by atoms with Gasteiger partial charge in [-0.1, -0.05) is 0 Å². The Balaban J connectivity index is 0. The molecule has 0 aromatic heterocycles. The molecular formula is H9Cu3P5. The van der Waals surface area contributed by atoms with E-state index in [1.165, 1.54) is 0 Å². The van der Waals surface area contributed by atoms with Crippen LogP contribution in [-0.4, -0.2) is 0 Å². The van der Waals surface area contributed by atoms with Gasteiger partial charge in [-0.15, -0.1) is 0 Å². The van der Waals surface area contributed by atoms with Gasteiger partial charge in [0.25, 0.3) is 0 Å². The van der Waals surface area contributed by atoms with Crippen LogP contribution in [-0.2, 0) is 51.2 Å². The van der Waals surface area contributed by atoms with E-state index < -0.39 is 0 Å². The van der Waals surface area contributed by atoms with Gasteiger partial charge in [-0.05, 0) is 0 Å². The summed E-state index contributed by atoms with van der Waals surface area (Å²) in [4.78, 5) is 0. The molecule has 0 fully saturated rings. The van der Waals surface area contributed by atoms with Gasteiger partial charge in [0.05, 0.1) is 0 Å². The Hall–Kier alpha value is 3.71. The van der Waals surface area contributed by atoms with Gasteiger partial charge >= 0.3 is 51.2 Å². The van der Waals surface area contributed by atoms with Crippen LogP contribution in [0.3, 0.4) is 0 Å². The zero-order valence-electron chi connectivity index (χ0n) is 3.92. The minimum absolute atomic E-state index is 0. The van der Waals surface area contributed by atoms with E-state index in [2.05, 4.69) is 0 Å². The third-order valence-corrected chi connectivity index (χ3v) is 0. The summed E-state index contributed by atoms with van der Waals surface area (Å²) < 4.78 is 0. The third kappa shape index (κ3) is 53.5. The Kier molecular flexibility index (Phi) is 896. The minimum atomic E-state index is 0. The van der Waals surface area contributed by atoms with Crippen molar-refractivity contribution in [2.75, 3.05) is 0 Å². The maximum Gasteiger partial charge on any atom is 2.00 e. The SMILES string of the molecule is P.P.P.[Cu+2].[Cu+2].[Cu+2].[P-3].[P-3]. The van der Waals surface area contributed by atoms with Crippen LogP contribution in [0, 0.1) is 0 Å². The second kappa shape index (κ2) is 73.4. The summed E-state index contributed by atoms with van der Waals surface area (Å²) in [6, 6.07) is 0. The van der Waals surface area contributed by atoms with E-state index in [9.17, 15) is 0 Å². The third-order valence-electron chi connectivity index (χ3n) is 0. The fourth-order valence-corrected chi connectivity index (χ4v) is 0. The van der Waals surface area contributed by atoms with Crippen molar-refractivity contribution < 1.29 is 51.2 Å². The van der Waals surface area contributed by atoms with Gasteiger partial charge in [-0.2, -0.15) is 29.7 Å². The maximum absolute atomic E-state index is 0. The Bertz CT molecular complexity index is 7.64. The van der Waals surface area contributed by atoms with Crippen LogP contribution >= 0.6 is 49.5 Å². The molecule has 0 saturated heterocycles. The van der Waals surface area contributed by atoms with Crippen LogP contribution in [0.2, 0.25) is 0 Å². The molecule has 8 heavy (non-hydrogen) atoms. The molecule has 0 bridgehead atoms. The van der Waals surface area contributed by atoms with Gasteiger partial charge in [-0.25, -0.2) is 0 Å².